The Bertz CT molecular complexity index is 698. The average Bonchev–Trinajstić information content (AvgIpc) is 3.11. The first-order valence-corrected chi connectivity index (χ1v) is 10.4. The number of aliphatic hydroxyl groups is 1. The molecule has 1 N–H and O–H groups in total. The Balaban J connectivity index is 1.63. The Morgan fingerprint density at radius 1 is 0.923 bits per heavy atom. The van der Waals surface area contributed by atoms with Gasteiger partial charge in [0.2, 0.25) is 5.79 Å². The Labute approximate surface area is 162 Å². The Kier molecular flexibility index (Phi) is 5.07. The minimum atomic E-state index is -1.44. The fourth-order valence-corrected chi connectivity index (χ4v) is 5.97. The quantitative estimate of drug-likeness (QED) is 0.612. The molecule has 26 heavy (non-hydrogen) atoms. The van der Waals surface area contributed by atoms with E-state index in [0.29, 0.717) is 6.61 Å². The maximum Gasteiger partial charge on any atom is 0.217 e. The lowest BCUT2D eigenvalue weighted by Gasteiger charge is -2.35. The zero-order valence-electron chi connectivity index (χ0n) is 14.7. The molecule has 4 rings (SSSR count). The number of ether oxygens (including phenoxy) is 3. The highest BCUT2D eigenvalue weighted by Gasteiger charge is 2.61. The van der Waals surface area contributed by atoms with Crippen LogP contribution >= 0.6 is 23.5 Å². The maximum atomic E-state index is 11.5. The van der Waals surface area contributed by atoms with Crippen molar-refractivity contribution in [3.05, 3.63) is 60.7 Å². The Hall–Kier alpha value is -1.02. The third-order valence-electron chi connectivity index (χ3n) is 4.38. The van der Waals surface area contributed by atoms with Crippen molar-refractivity contribution in [2.45, 2.75) is 52.0 Å². The second kappa shape index (κ2) is 7.19. The molecule has 0 spiro atoms. The summed E-state index contributed by atoms with van der Waals surface area (Å²) in [5.41, 5.74) is 0. The molecule has 3 atom stereocenters. The summed E-state index contributed by atoms with van der Waals surface area (Å²) in [6.07, 6.45) is -0.778. The molecule has 0 bridgehead atoms. The molecule has 0 amide bonds. The third-order valence-corrected chi connectivity index (χ3v) is 7.15. The van der Waals surface area contributed by atoms with Crippen molar-refractivity contribution in [3.63, 3.8) is 0 Å². The molecule has 2 saturated heterocycles. The summed E-state index contributed by atoms with van der Waals surface area (Å²) in [7, 11) is 0. The van der Waals surface area contributed by atoms with Gasteiger partial charge in [-0.3, -0.25) is 0 Å². The summed E-state index contributed by atoms with van der Waals surface area (Å²) in [4.78, 5) is 2.14. The second-order valence-corrected chi connectivity index (χ2v) is 9.51. The number of hydrogen-bond acceptors (Lipinski definition) is 6. The van der Waals surface area contributed by atoms with Crippen LogP contribution in [-0.4, -0.2) is 40.1 Å². The number of rotatable bonds is 5. The lowest BCUT2D eigenvalue weighted by Crippen LogP contribution is -2.50. The van der Waals surface area contributed by atoms with Gasteiger partial charge in [0.05, 0.1) is 6.61 Å². The van der Waals surface area contributed by atoms with Crippen LogP contribution in [0.5, 0.6) is 0 Å². The zero-order chi connectivity index (χ0) is 18.2. The van der Waals surface area contributed by atoms with E-state index in [1.54, 1.807) is 23.5 Å². The number of hydrogen-bond donors (Lipinski definition) is 1. The summed E-state index contributed by atoms with van der Waals surface area (Å²) in [6.45, 7) is 4.07. The highest BCUT2D eigenvalue weighted by molar-refractivity contribution is 8.17. The molecule has 0 radical (unpaired) electrons. The molecule has 0 aliphatic carbocycles. The van der Waals surface area contributed by atoms with E-state index >= 15 is 0 Å². The van der Waals surface area contributed by atoms with Crippen LogP contribution < -0.4 is 0 Å². The van der Waals surface area contributed by atoms with Crippen molar-refractivity contribution in [1.82, 2.24) is 0 Å². The first-order chi connectivity index (χ1) is 12.5. The summed E-state index contributed by atoms with van der Waals surface area (Å²) >= 11 is 3.16. The van der Waals surface area contributed by atoms with Crippen LogP contribution in [0.15, 0.2) is 70.5 Å². The van der Waals surface area contributed by atoms with Crippen molar-refractivity contribution in [1.29, 1.82) is 0 Å². The Morgan fingerprint density at radius 2 is 1.46 bits per heavy atom. The van der Waals surface area contributed by atoms with Gasteiger partial charge in [-0.15, -0.1) is 23.5 Å². The normalized spacial score (nSPS) is 29.8. The van der Waals surface area contributed by atoms with Crippen LogP contribution in [0.4, 0.5) is 0 Å². The van der Waals surface area contributed by atoms with Gasteiger partial charge in [0, 0.05) is 9.79 Å². The van der Waals surface area contributed by atoms with Gasteiger partial charge in [-0.2, -0.15) is 0 Å². The molecule has 0 unspecified atom stereocenters. The highest BCUT2D eigenvalue weighted by Crippen LogP contribution is 2.50. The van der Waals surface area contributed by atoms with E-state index in [9.17, 15) is 5.11 Å². The van der Waals surface area contributed by atoms with Gasteiger partial charge in [-0.1, -0.05) is 36.4 Å². The molecule has 138 valence electrons. The van der Waals surface area contributed by atoms with Gasteiger partial charge in [0.1, 0.15) is 16.8 Å². The number of thioether (sulfide) groups is 2. The summed E-state index contributed by atoms with van der Waals surface area (Å²) in [6, 6.07) is 20.1. The summed E-state index contributed by atoms with van der Waals surface area (Å²) in [5, 5.41) is 11.5. The standard InChI is InChI=1S/C20H22O4S2/c1-19(2)23-16-13-22-20(21,17(16)24-19)18(25-14-9-5-3-6-10-14)26-15-11-7-4-8-12-15/h3-12,16-18,21H,13H2,1-2H3/t16-,17-,20+/m1/s1. The summed E-state index contributed by atoms with van der Waals surface area (Å²) < 4.78 is 17.5. The van der Waals surface area contributed by atoms with E-state index in [-0.39, 0.29) is 10.7 Å². The van der Waals surface area contributed by atoms with Gasteiger partial charge in [0.25, 0.3) is 0 Å². The van der Waals surface area contributed by atoms with Gasteiger partial charge < -0.3 is 19.3 Å². The van der Waals surface area contributed by atoms with E-state index in [2.05, 4.69) is 0 Å². The number of benzene rings is 2. The molecule has 2 aliphatic heterocycles. The van der Waals surface area contributed by atoms with E-state index < -0.39 is 17.7 Å². The lowest BCUT2D eigenvalue weighted by atomic mass is 10.1. The molecule has 4 nitrogen and oxygen atoms in total. The van der Waals surface area contributed by atoms with E-state index in [1.165, 1.54) is 0 Å². The van der Waals surface area contributed by atoms with Crippen LogP contribution in [0.25, 0.3) is 0 Å². The van der Waals surface area contributed by atoms with Crippen molar-refractivity contribution in [2.75, 3.05) is 6.61 Å². The van der Waals surface area contributed by atoms with Crippen LogP contribution in [0.1, 0.15) is 13.8 Å². The van der Waals surface area contributed by atoms with Gasteiger partial charge in [0.15, 0.2) is 5.79 Å². The molecular weight excluding hydrogens is 368 g/mol. The fourth-order valence-electron chi connectivity index (χ4n) is 3.25. The maximum absolute atomic E-state index is 11.5. The second-order valence-electron chi connectivity index (χ2n) is 6.85. The summed E-state index contributed by atoms with van der Waals surface area (Å²) in [5.74, 6) is -2.16. The smallest absolute Gasteiger partial charge is 0.217 e. The fraction of sp³-hybridized carbons (Fsp3) is 0.400. The SMILES string of the molecule is CC1(C)O[C@@H]2[C@@H](CO[C@]2(O)C(Sc2ccccc2)Sc2ccccc2)O1. The molecule has 0 saturated carbocycles. The zero-order valence-corrected chi connectivity index (χ0v) is 16.3. The first-order valence-electron chi connectivity index (χ1n) is 8.62. The monoisotopic (exact) mass is 390 g/mol. The molecule has 6 heteroatoms. The molecule has 2 aromatic carbocycles. The molecular formula is C20H22O4S2. The van der Waals surface area contributed by atoms with Gasteiger partial charge in [-0.25, -0.2) is 0 Å². The number of fused-ring (bicyclic) bond motifs is 1. The van der Waals surface area contributed by atoms with Crippen LogP contribution in [0.2, 0.25) is 0 Å². The molecule has 2 heterocycles. The largest absolute Gasteiger partial charge is 0.362 e. The third kappa shape index (κ3) is 3.67. The minimum Gasteiger partial charge on any atom is -0.362 e. The van der Waals surface area contributed by atoms with Crippen LogP contribution in [-0.2, 0) is 14.2 Å². The molecule has 0 aromatic heterocycles. The minimum absolute atomic E-state index is 0.259. The van der Waals surface area contributed by atoms with Crippen molar-refractivity contribution in [3.8, 4) is 0 Å². The van der Waals surface area contributed by atoms with Crippen molar-refractivity contribution >= 4 is 23.5 Å². The molecule has 2 fully saturated rings. The van der Waals surface area contributed by atoms with Crippen LogP contribution in [0.3, 0.4) is 0 Å². The topological polar surface area (TPSA) is 47.9 Å². The van der Waals surface area contributed by atoms with Gasteiger partial charge in [-0.05, 0) is 38.1 Å². The van der Waals surface area contributed by atoms with Crippen molar-refractivity contribution in [2.24, 2.45) is 0 Å². The van der Waals surface area contributed by atoms with Crippen LogP contribution in [0, 0.1) is 0 Å². The highest BCUT2D eigenvalue weighted by atomic mass is 32.2. The van der Waals surface area contributed by atoms with Gasteiger partial charge >= 0.3 is 0 Å². The van der Waals surface area contributed by atoms with Crippen molar-refractivity contribution < 1.29 is 19.3 Å². The predicted molar refractivity (Wildman–Crippen MR) is 103 cm³/mol. The first kappa shape index (κ1) is 18.3. The predicted octanol–water partition coefficient (Wildman–Crippen LogP) is 4.14. The van der Waals surface area contributed by atoms with E-state index in [0.717, 1.165) is 9.79 Å². The molecule has 2 aliphatic rings. The van der Waals surface area contributed by atoms with E-state index in [4.69, 9.17) is 14.2 Å². The average molecular weight is 391 g/mol. The lowest BCUT2D eigenvalue weighted by molar-refractivity contribution is -0.251. The van der Waals surface area contributed by atoms with E-state index in [1.807, 2.05) is 74.5 Å². The molecule has 2 aromatic rings. The Morgan fingerprint density at radius 3 is 2.00 bits per heavy atom.